The molecule has 0 saturated carbocycles. The summed E-state index contributed by atoms with van der Waals surface area (Å²) in [4.78, 5) is 23.1. The summed E-state index contributed by atoms with van der Waals surface area (Å²) in [5, 5.41) is 25.3. The van der Waals surface area contributed by atoms with Crippen LogP contribution in [0.5, 0.6) is 11.5 Å². The highest BCUT2D eigenvalue weighted by molar-refractivity contribution is 9.10. The third-order valence-corrected chi connectivity index (χ3v) is 6.08. The topological polar surface area (TPSA) is 114 Å². The SMILES string of the molecule is COc1cc(/C=C(\C#N)C(=O)Nc2cccc([N+](=O)[O-])c2)cc(Br)c1OCc1cccc2ccccc12. The fraction of sp³-hybridized carbons (Fsp3) is 0.0714. The number of fused-ring (bicyclic) bond motifs is 1. The Morgan fingerprint density at radius 3 is 2.62 bits per heavy atom. The summed E-state index contributed by atoms with van der Waals surface area (Å²) < 4.78 is 12.2. The predicted octanol–water partition coefficient (Wildman–Crippen LogP) is 6.64. The van der Waals surface area contributed by atoms with Crippen molar-refractivity contribution in [3.63, 3.8) is 0 Å². The zero-order chi connectivity index (χ0) is 26.4. The van der Waals surface area contributed by atoms with E-state index in [9.17, 15) is 20.2 Å². The number of nitro benzene ring substituents is 1. The van der Waals surface area contributed by atoms with E-state index in [0.29, 0.717) is 28.1 Å². The van der Waals surface area contributed by atoms with Crippen LogP contribution in [-0.4, -0.2) is 17.9 Å². The highest BCUT2D eigenvalue weighted by Crippen LogP contribution is 2.38. The summed E-state index contributed by atoms with van der Waals surface area (Å²) in [5.74, 6) is 0.193. The smallest absolute Gasteiger partial charge is 0.271 e. The van der Waals surface area contributed by atoms with E-state index in [1.165, 1.54) is 37.5 Å². The van der Waals surface area contributed by atoms with Crippen molar-refractivity contribution >= 4 is 50.1 Å². The molecule has 1 amide bonds. The van der Waals surface area contributed by atoms with Crippen molar-refractivity contribution in [1.82, 2.24) is 0 Å². The van der Waals surface area contributed by atoms with E-state index in [-0.39, 0.29) is 16.9 Å². The number of hydrogen-bond donors (Lipinski definition) is 1. The Morgan fingerprint density at radius 2 is 1.86 bits per heavy atom. The summed E-state index contributed by atoms with van der Waals surface area (Å²) in [6.07, 6.45) is 1.40. The van der Waals surface area contributed by atoms with Gasteiger partial charge in [0.15, 0.2) is 11.5 Å². The second-order valence-corrected chi connectivity index (χ2v) is 8.75. The van der Waals surface area contributed by atoms with E-state index in [2.05, 4.69) is 21.2 Å². The number of hydrogen-bond acceptors (Lipinski definition) is 6. The van der Waals surface area contributed by atoms with Gasteiger partial charge in [-0.2, -0.15) is 5.26 Å². The van der Waals surface area contributed by atoms with Crippen LogP contribution >= 0.6 is 15.9 Å². The molecule has 0 aliphatic rings. The van der Waals surface area contributed by atoms with Crippen LogP contribution in [0, 0.1) is 21.4 Å². The van der Waals surface area contributed by atoms with Gasteiger partial charge in [-0.3, -0.25) is 14.9 Å². The van der Waals surface area contributed by atoms with Crippen LogP contribution in [0.25, 0.3) is 16.8 Å². The molecule has 1 N–H and O–H groups in total. The molecule has 0 saturated heterocycles. The number of amides is 1. The molecule has 0 unspecified atom stereocenters. The number of nitrogens with one attached hydrogen (secondary N) is 1. The molecule has 0 atom stereocenters. The number of non-ortho nitro benzene ring substituents is 1. The third kappa shape index (κ3) is 5.94. The van der Waals surface area contributed by atoms with Gasteiger partial charge < -0.3 is 14.8 Å². The van der Waals surface area contributed by atoms with Gasteiger partial charge in [-0.25, -0.2) is 0 Å². The number of nitro groups is 1. The zero-order valence-corrected chi connectivity index (χ0v) is 21.2. The van der Waals surface area contributed by atoms with Crippen molar-refractivity contribution in [2.45, 2.75) is 6.61 Å². The van der Waals surface area contributed by atoms with Crippen LogP contribution in [0.3, 0.4) is 0 Å². The molecule has 0 heterocycles. The molecule has 0 aliphatic carbocycles. The van der Waals surface area contributed by atoms with Crippen molar-refractivity contribution in [3.8, 4) is 17.6 Å². The first kappa shape index (κ1) is 25.4. The standard InChI is InChI=1S/C28H20BrN3O5/c1-36-26-14-18(12-21(16-30)28(33)31-22-9-5-10-23(15-22)32(34)35)13-25(29)27(26)37-17-20-8-4-7-19-6-2-3-11-24(19)20/h2-15H,17H2,1H3,(H,31,33)/b21-12+. The van der Waals surface area contributed by atoms with Crippen molar-refractivity contribution in [2.75, 3.05) is 12.4 Å². The molecular formula is C28H20BrN3O5. The van der Waals surface area contributed by atoms with Crippen molar-refractivity contribution < 1.29 is 19.2 Å². The number of ether oxygens (including phenoxy) is 2. The van der Waals surface area contributed by atoms with Crippen molar-refractivity contribution in [1.29, 1.82) is 5.26 Å². The molecule has 9 heteroatoms. The van der Waals surface area contributed by atoms with Gasteiger partial charge in [0.25, 0.3) is 11.6 Å². The van der Waals surface area contributed by atoms with E-state index in [1.54, 1.807) is 12.1 Å². The summed E-state index contributed by atoms with van der Waals surface area (Å²) in [6, 6.07) is 24.8. The lowest BCUT2D eigenvalue weighted by Gasteiger charge is -2.15. The minimum Gasteiger partial charge on any atom is -0.493 e. The monoisotopic (exact) mass is 557 g/mol. The van der Waals surface area contributed by atoms with Crippen LogP contribution in [0.4, 0.5) is 11.4 Å². The molecule has 8 nitrogen and oxygen atoms in total. The maximum atomic E-state index is 12.7. The molecule has 184 valence electrons. The van der Waals surface area contributed by atoms with Gasteiger partial charge in [-0.15, -0.1) is 0 Å². The third-order valence-electron chi connectivity index (χ3n) is 5.49. The Bertz CT molecular complexity index is 1570. The highest BCUT2D eigenvalue weighted by Gasteiger charge is 2.16. The number of nitrogens with zero attached hydrogens (tertiary/aromatic N) is 2. The van der Waals surface area contributed by atoms with Crippen LogP contribution < -0.4 is 14.8 Å². The number of halogens is 1. The van der Waals surface area contributed by atoms with Crippen LogP contribution in [0.2, 0.25) is 0 Å². The average Bonchev–Trinajstić information content (AvgIpc) is 2.90. The van der Waals surface area contributed by atoms with Crippen molar-refractivity contribution in [3.05, 3.63) is 110 Å². The first-order chi connectivity index (χ1) is 17.9. The number of carbonyl (C=O) groups excluding carboxylic acids is 1. The number of nitriles is 1. The quantitative estimate of drug-likeness (QED) is 0.112. The molecule has 0 aliphatic heterocycles. The summed E-state index contributed by atoms with van der Waals surface area (Å²) in [7, 11) is 1.50. The zero-order valence-electron chi connectivity index (χ0n) is 19.6. The van der Waals surface area contributed by atoms with Crippen LogP contribution in [0.1, 0.15) is 11.1 Å². The average molecular weight is 558 g/mol. The van der Waals surface area contributed by atoms with E-state index in [1.807, 2.05) is 48.5 Å². The Kier molecular flexibility index (Phi) is 7.81. The van der Waals surface area contributed by atoms with Gasteiger partial charge in [0.05, 0.1) is 16.5 Å². The predicted molar refractivity (Wildman–Crippen MR) is 144 cm³/mol. The largest absolute Gasteiger partial charge is 0.493 e. The van der Waals surface area contributed by atoms with E-state index in [0.717, 1.165) is 16.3 Å². The Morgan fingerprint density at radius 1 is 1.11 bits per heavy atom. The number of methoxy groups -OCH3 is 1. The number of rotatable bonds is 8. The molecule has 0 radical (unpaired) electrons. The minimum absolute atomic E-state index is 0.173. The van der Waals surface area contributed by atoms with E-state index < -0.39 is 10.8 Å². The normalized spacial score (nSPS) is 11.0. The number of anilines is 1. The van der Waals surface area contributed by atoms with Gasteiger partial charge in [0.2, 0.25) is 0 Å². The number of carbonyl (C=O) groups is 1. The maximum Gasteiger partial charge on any atom is 0.271 e. The Balaban J connectivity index is 1.56. The van der Waals surface area contributed by atoms with Gasteiger partial charge >= 0.3 is 0 Å². The molecule has 0 aromatic heterocycles. The Hall–Kier alpha value is -4.68. The first-order valence-electron chi connectivity index (χ1n) is 11.0. The fourth-order valence-electron chi connectivity index (χ4n) is 3.74. The van der Waals surface area contributed by atoms with Gasteiger partial charge in [-0.05, 0) is 62.1 Å². The van der Waals surface area contributed by atoms with E-state index in [4.69, 9.17) is 9.47 Å². The summed E-state index contributed by atoms with van der Waals surface area (Å²) in [5.41, 5.74) is 1.38. The van der Waals surface area contributed by atoms with Crippen LogP contribution in [0.15, 0.2) is 88.9 Å². The second kappa shape index (κ2) is 11.4. The molecule has 4 aromatic rings. The summed E-state index contributed by atoms with van der Waals surface area (Å²) in [6.45, 7) is 0.306. The molecule has 0 spiro atoms. The van der Waals surface area contributed by atoms with Crippen molar-refractivity contribution in [2.24, 2.45) is 0 Å². The second-order valence-electron chi connectivity index (χ2n) is 7.89. The molecule has 4 rings (SSSR count). The van der Waals surface area contributed by atoms with E-state index >= 15 is 0 Å². The molecule has 37 heavy (non-hydrogen) atoms. The molecular weight excluding hydrogens is 538 g/mol. The van der Waals surface area contributed by atoms with Gasteiger partial charge in [0.1, 0.15) is 18.2 Å². The lowest BCUT2D eigenvalue weighted by molar-refractivity contribution is -0.384. The fourth-order valence-corrected chi connectivity index (χ4v) is 4.32. The molecule has 0 fully saturated rings. The van der Waals surface area contributed by atoms with Gasteiger partial charge in [0, 0.05) is 17.8 Å². The lowest BCUT2D eigenvalue weighted by atomic mass is 10.1. The number of benzene rings is 4. The van der Waals surface area contributed by atoms with Gasteiger partial charge in [-0.1, -0.05) is 48.5 Å². The van der Waals surface area contributed by atoms with Crippen LogP contribution in [-0.2, 0) is 11.4 Å². The highest BCUT2D eigenvalue weighted by atomic mass is 79.9. The first-order valence-corrected chi connectivity index (χ1v) is 11.8. The maximum absolute atomic E-state index is 12.7. The Labute approximate surface area is 221 Å². The molecule has 0 bridgehead atoms. The summed E-state index contributed by atoms with van der Waals surface area (Å²) >= 11 is 3.50. The molecule has 4 aromatic carbocycles. The lowest BCUT2D eigenvalue weighted by Crippen LogP contribution is -2.13. The minimum atomic E-state index is -0.700.